The Balaban J connectivity index is 1.39. The number of nitrogens with two attached hydrogens (primary N) is 1. The van der Waals surface area contributed by atoms with Crippen molar-refractivity contribution in [2.45, 2.75) is 45.6 Å². The molecule has 0 saturated carbocycles. The standard InChI is InChI=1S/C29H30ClN3O3/c1-29(2,3)36-26(34)16-20-12-14-33(15-13-20)28(35)21-7-4-19(5-8-21)6-11-24-25-17-23(30)10-9-22(25)18-32-27(24)31/h4-5,7-10,17-18,20H,12-16H2,1-3H3,(H2,31,32). The van der Waals surface area contributed by atoms with Crippen molar-refractivity contribution in [2.75, 3.05) is 18.8 Å². The van der Waals surface area contributed by atoms with Gasteiger partial charge in [0.2, 0.25) is 0 Å². The van der Waals surface area contributed by atoms with Crippen LogP contribution in [-0.2, 0) is 9.53 Å². The van der Waals surface area contributed by atoms with Gasteiger partial charge in [-0.2, -0.15) is 0 Å². The molecular formula is C29H30ClN3O3. The number of nitrogen functional groups attached to an aromatic ring is 1. The molecule has 0 aliphatic carbocycles. The number of carbonyl (C=O) groups is 2. The number of ether oxygens (including phenoxy) is 1. The van der Waals surface area contributed by atoms with E-state index in [1.165, 1.54) is 0 Å². The van der Waals surface area contributed by atoms with E-state index in [1.54, 1.807) is 24.4 Å². The number of likely N-dealkylation sites (tertiary alicyclic amines) is 1. The first-order valence-corrected chi connectivity index (χ1v) is 12.4. The van der Waals surface area contributed by atoms with Crippen molar-refractivity contribution in [2.24, 2.45) is 5.92 Å². The van der Waals surface area contributed by atoms with Gasteiger partial charge in [0.05, 0.1) is 5.56 Å². The van der Waals surface area contributed by atoms with Crippen molar-refractivity contribution < 1.29 is 14.3 Å². The molecule has 0 spiro atoms. The topological polar surface area (TPSA) is 85.5 Å². The first-order chi connectivity index (χ1) is 17.1. The lowest BCUT2D eigenvalue weighted by Gasteiger charge is -2.32. The molecule has 0 atom stereocenters. The van der Waals surface area contributed by atoms with Gasteiger partial charge in [-0.05, 0) is 75.9 Å². The highest BCUT2D eigenvalue weighted by atomic mass is 35.5. The number of esters is 1. The monoisotopic (exact) mass is 503 g/mol. The molecule has 1 amide bonds. The Bertz CT molecular complexity index is 1340. The molecule has 6 nitrogen and oxygen atoms in total. The maximum Gasteiger partial charge on any atom is 0.306 e. The lowest BCUT2D eigenvalue weighted by molar-refractivity contribution is -0.156. The van der Waals surface area contributed by atoms with Crippen molar-refractivity contribution >= 4 is 40.1 Å². The van der Waals surface area contributed by atoms with Crippen LogP contribution in [0.25, 0.3) is 10.8 Å². The van der Waals surface area contributed by atoms with Gasteiger partial charge in [0.15, 0.2) is 0 Å². The second kappa shape index (κ2) is 10.6. The largest absolute Gasteiger partial charge is 0.460 e. The number of fused-ring (bicyclic) bond motifs is 1. The van der Waals surface area contributed by atoms with Crippen LogP contribution in [0.4, 0.5) is 5.82 Å². The summed E-state index contributed by atoms with van der Waals surface area (Å²) in [7, 11) is 0. The number of hydrogen-bond acceptors (Lipinski definition) is 5. The first-order valence-electron chi connectivity index (χ1n) is 12.1. The van der Waals surface area contributed by atoms with Crippen molar-refractivity contribution in [1.29, 1.82) is 0 Å². The fourth-order valence-corrected chi connectivity index (χ4v) is 4.48. The number of benzene rings is 2. The lowest BCUT2D eigenvalue weighted by atomic mass is 9.93. The van der Waals surface area contributed by atoms with Gasteiger partial charge in [-0.3, -0.25) is 9.59 Å². The molecule has 0 unspecified atom stereocenters. The van der Waals surface area contributed by atoms with E-state index in [0.717, 1.165) is 29.2 Å². The molecule has 0 bridgehead atoms. The van der Waals surface area contributed by atoms with Gasteiger partial charge in [-0.15, -0.1) is 0 Å². The Morgan fingerprint density at radius 1 is 1.11 bits per heavy atom. The number of aromatic nitrogens is 1. The van der Waals surface area contributed by atoms with Crippen molar-refractivity contribution in [3.05, 3.63) is 70.4 Å². The summed E-state index contributed by atoms with van der Waals surface area (Å²) in [6.45, 7) is 6.87. The highest BCUT2D eigenvalue weighted by Gasteiger charge is 2.27. The van der Waals surface area contributed by atoms with E-state index < -0.39 is 5.60 Å². The van der Waals surface area contributed by atoms with Crippen LogP contribution >= 0.6 is 11.6 Å². The third kappa shape index (κ3) is 6.35. The van der Waals surface area contributed by atoms with Gasteiger partial charge in [-0.25, -0.2) is 4.98 Å². The summed E-state index contributed by atoms with van der Waals surface area (Å²) in [5.41, 5.74) is 7.61. The Morgan fingerprint density at radius 3 is 2.47 bits per heavy atom. The second-order valence-corrected chi connectivity index (χ2v) is 10.5. The summed E-state index contributed by atoms with van der Waals surface area (Å²) in [5, 5.41) is 2.37. The Morgan fingerprint density at radius 2 is 1.81 bits per heavy atom. The molecule has 1 aliphatic rings. The average molecular weight is 504 g/mol. The van der Waals surface area contributed by atoms with Crippen LogP contribution in [0.15, 0.2) is 48.7 Å². The predicted molar refractivity (Wildman–Crippen MR) is 143 cm³/mol. The number of rotatable bonds is 3. The van der Waals surface area contributed by atoms with Crippen LogP contribution in [0.2, 0.25) is 5.02 Å². The number of pyridine rings is 1. The number of amides is 1. The summed E-state index contributed by atoms with van der Waals surface area (Å²) >= 11 is 6.16. The van der Waals surface area contributed by atoms with Crippen LogP contribution in [0, 0.1) is 17.8 Å². The Hall–Kier alpha value is -3.56. The molecule has 4 rings (SSSR count). The number of nitrogens with zero attached hydrogens (tertiary/aromatic N) is 2. The number of anilines is 1. The Kier molecular flexibility index (Phi) is 7.51. The third-order valence-electron chi connectivity index (χ3n) is 6.12. The molecule has 2 aromatic carbocycles. The maximum absolute atomic E-state index is 13.0. The normalized spacial score (nSPS) is 14.3. The molecule has 36 heavy (non-hydrogen) atoms. The van der Waals surface area contributed by atoms with E-state index in [4.69, 9.17) is 22.1 Å². The van der Waals surface area contributed by atoms with Crippen molar-refractivity contribution in [3.8, 4) is 11.8 Å². The zero-order chi connectivity index (χ0) is 25.9. The minimum absolute atomic E-state index is 0.0117. The zero-order valence-corrected chi connectivity index (χ0v) is 21.6. The van der Waals surface area contributed by atoms with Crippen molar-refractivity contribution in [1.82, 2.24) is 9.88 Å². The summed E-state index contributed by atoms with van der Waals surface area (Å²) in [6.07, 6.45) is 3.68. The molecule has 1 saturated heterocycles. The van der Waals surface area contributed by atoms with Gasteiger partial charge in [0, 0.05) is 52.6 Å². The summed E-state index contributed by atoms with van der Waals surface area (Å²) in [4.78, 5) is 31.2. The maximum atomic E-state index is 13.0. The third-order valence-corrected chi connectivity index (χ3v) is 6.36. The van der Waals surface area contributed by atoms with Gasteiger partial charge in [0.25, 0.3) is 5.91 Å². The van der Waals surface area contributed by atoms with E-state index in [0.29, 0.717) is 41.5 Å². The van der Waals surface area contributed by atoms with Gasteiger partial charge in [0.1, 0.15) is 11.4 Å². The molecule has 3 aromatic rings. The fourth-order valence-electron chi connectivity index (χ4n) is 4.30. The van der Waals surface area contributed by atoms with Gasteiger partial charge in [-0.1, -0.05) is 29.5 Å². The molecule has 1 aliphatic heterocycles. The summed E-state index contributed by atoms with van der Waals surface area (Å²) in [6, 6.07) is 12.8. The summed E-state index contributed by atoms with van der Waals surface area (Å²) in [5.74, 6) is 6.64. The molecule has 186 valence electrons. The molecule has 0 radical (unpaired) electrons. The van der Waals surface area contributed by atoms with Crippen molar-refractivity contribution in [3.63, 3.8) is 0 Å². The number of carbonyl (C=O) groups excluding carboxylic acids is 2. The molecule has 1 fully saturated rings. The van der Waals surface area contributed by atoms with Crippen LogP contribution in [0.1, 0.15) is 61.5 Å². The molecular weight excluding hydrogens is 474 g/mol. The minimum atomic E-state index is -0.476. The van der Waals surface area contributed by atoms with E-state index >= 15 is 0 Å². The number of piperidine rings is 1. The smallest absolute Gasteiger partial charge is 0.306 e. The van der Waals surface area contributed by atoms with E-state index in [9.17, 15) is 9.59 Å². The minimum Gasteiger partial charge on any atom is -0.460 e. The average Bonchev–Trinajstić information content (AvgIpc) is 2.82. The van der Waals surface area contributed by atoms with E-state index in [-0.39, 0.29) is 17.8 Å². The molecule has 2 heterocycles. The quantitative estimate of drug-likeness (QED) is 0.379. The predicted octanol–water partition coefficient (Wildman–Crippen LogP) is 5.45. The number of halogens is 1. The van der Waals surface area contributed by atoms with Gasteiger partial charge >= 0.3 is 5.97 Å². The van der Waals surface area contributed by atoms with Crippen LogP contribution in [-0.4, -0.2) is 40.5 Å². The van der Waals surface area contributed by atoms with E-state index in [1.807, 2.05) is 49.9 Å². The molecule has 2 N–H and O–H groups in total. The first kappa shape index (κ1) is 25.5. The number of hydrogen-bond donors (Lipinski definition) is 1. The highest BCUT2D eigenvalue weighted by Crippen LogP contribution is 2.26. The summed E-state index contributed by atoms with van der Waals surface area (Å²) < 4.78 is 5.43. The highest BCUT2D eigenvalue weighted by molar-refractivity contribution is 6.31. The van der Waals surface area contributed by atoms with Crippen LogP contribution in [0.3, 0.4) is 0 Å². The Labute approximate surface area is 216 Å². The van der Waals surface area contributed by atoms with Crippen LogP contribution < -0.4 is 5.73 Å². The second-order valence-electron chi connectivity index (χ2n) is 10.1. The van der Waals surface area contributed by atoms with E-state index in [2.05, 4.69) is 16.8 Å². The molecule has 7 heteroatoms. The zero-order valence-electron chi connectivity index (χ0n) is 20.8. The van der Waals surface area contributed by atoms with Crippen LogP contribution in [0.5, 0.6) is 0 Å². The fraction of sp³-hybridized carbons (Fsp3) is 0.345. The molecule has 1 aromatic heterocycles. The van der Waals surface area contributed by atoms with Gasteiger partial charge < -0.3 is 15.4 Å². The lowest BCUT2D eigenvalue weighted by Crippen LogP contribution is -2.39. The SMILES string of the molecule is CC(C)(C)OC(=O)CC1CCN(C(=O)c2ccc(C#Cc3c(N)ncc4ccc(Cl)cc34)cc2)CC1.